The average molecular weight is 410 g/mol. The Morgan fingerprint density at radius 3 is 2.42 bits per heavy atom. The molecule has 2 heteroatoms. The van der Waals surface area contributed by atoms with Crippen LogP contribution in [0.25, 0.3) is 11.3 Å². The molecule has 2 nitrogen and oxygen atoms in total. The summed E-state index contributed by atoms with van der Waals surface area (Å²) in [6.07, 6.45) is 14.4. The molecule has 0 spiro atoms. The molecule has 0 radical (unpaired) electrons. The maximum Gasteiger partial charge on any atom is 0.0704 e. The molecule has 0 bridgehead atoms. The number of aliphatic hydroxyl groups excluding tert-OH is 1. The number of fused-ring (bicyclic) bond motifs is 1. The molecule has 1 heterocycles. The number of aromatic nitrogens is 1. The molecule has 0 saturated carbocycles. The first-order chi connectivity index (χ1) is 15.3. The molecule has 1 aromatic heterocycles. The minimum atomic E-state index is 0.0476. The normalized spacial score (nSPS) is 17.1. The first kappa shape index (κ1) is 21.1. The third-order valence-corrected chi connectivity index (χ3v) is 6.14. The highest BCUT2D eigenvalue weighted by Gasteiger charge is 2.27. The number of nitrogens with zero attached hydrogens (tertiary/aromatic N) is 1. The van der Waals surface area contributed by atoms with Gasteiger partial charge in [0.1, 0.15) is 0 Å². The van der Waals surface area contributed by atoms with Gasteiger partial charge in [-0.15, -0.1) is 6.58 Å². The minimum Gasteiger partial charge on any atom is -0.392 e. The van der Waals surface area contributed by atoms with Gasteiger partial charge in [-0.3, -0.25) is 0 Å². The lowest BCUT2D eigenvalue weighted by Crippen LogP contribution is -2.17. The van der Waals surface area contributed by atoms with Gasteiger partial charge in [-0.25, -0.2) is 0 Å². The van der Waals surface area contributed by atoms with Gasteiger partial charge >= 0.3 is 0 Å². The zero-order chi connectivity index (χ0) is 21.5. The molecule has 4 rings (SSSR count). The summed E-state index contributed by atoms with van der Waals surface area (Å²) in [6.45, 7) is 3.89. The predicted octanol–water partition coefficient (Wildman–Crippen LogP) is 6.65. The van der Waals surface area contributed by atoms with Crippen LogP contribution >= 0.6 is 0 Å². The smallest absolute Gasteiger partial charge is 0.0704 e. The highest BCUT2D eigenvalue weighted by atomic mass is 16.2. The van der Waals surface area contributed by atoms with Crippen molar-refractivity contribution in [2.24, 2.45) is 0 Å². The molecule has 0 amide bonds. The Kier molecular flexibility index (Phi) is 7.01. The van der Waals surface area contributed by atoms with E-state index in [2.05, 4.69) is 96.1 Å². The zero-order valence-corrected chi connectivity index (χ0v) is 18.0. The summed E-state index contributed by atoms with van der Waals surface area (Å²) in [5, 5.41) is 9.43. The fourth-order valence-electron chi connectivity index (χ4n) is 4.69. The molecule has 1 N–H and O–H groups in total. The van der Waals surface area contributed by atoms with Crippen molar-refractivity contribution in [1.82, 2.24) is 4.57 Å². The summed E-state index contributed by atoms with van der Waals surface area (Å²) in [4.78, 5) is 0. The van der Waals surface area contributed by atoms with Gasteiger partial charge in [0.05, 0.1) is 12.6 Å². The van der Waals surface area contributed by atoms with Gasteiger partial charge < -0.3 is 9.67 Å². The van der Waals surface area contributed by atoms with Crippen LogP contribution in [0.5, 0.6) is 0 Å². The minimum absolute atomic E-state index is 0.0476. The molecule has 158 valence electrons. The molecule has 2 aromatic carbocycles. The van der Waals surface area contributed by atoms with Crippen LogP contribution in [-0.2, 0) is 12.8 Å². The van der Waals surface area contributed by atoms with Crippen molar-refractivity contribution in [3.63, 3.8) is 0 Å². The topological polar surface area (TPSA) is 25.2 Å². The monoisotopic (exact) mass is 409 g/mol. The molecule has 0 saturated heterocycles. The zero-order valence-electron chi connectivity index (χ0n) is 18.0. The quantitative estimate of drug-likeness (QED) is 0.414. The lowest BCUT2D eigenvalue weighted by atomic mass is 9.83. The van der Waals surface area contributed by atoms with Crippen molar-refractivity contribution in [1.29, 1.82) is 0 Å². The van der Waals surface area contributed by atoms with E-state index in [0.717, 1.165) is 25.7 Å². The summed E-state index contributed by atoms with van der Waals surface area (Å²) >= 11 is 0. The van der Waals surface area contributed by atoms with Crippen molar-refractivity contribution in [3.8, 4) is 11.3 Å². The van der Waals surface area contributed by atoms with Gasteiger partial charge in [0.15, 0.2) is 0 Å². The molecule has 1 aliphatic rings. The molecule has 0 aliphatic heterocycles. The lowest BCUT2D eigenvalue weighted by Gasteiger charge is -2.26. The highest BCUT2D eigenvalue weighted by molar-refractivity contribution is 5.64. The summed E-state index contributed by atoms with van der Waals surface area (Å²) in [5.74, 6) is 0.566. The lowest BCUT2D eigenvalue weighted by molar-refractivity contribution is 0.342. The second-order valence-corrected chi connectivity index (χ2v) is 8.14. The van der Waals surface area contributed by atoms with Gasteiger partial charge in [0.2, 0.25) is 0 Å². The first-order valence-electron chi connectivity index (χ1n) is 11.2. The SMILES string of the molecule is C=CCC=CC(/C=C/CO)n1c(-c2ccccc2)cc2c1CCC(c1ccccc1)C2. The van der Waals surface area contributed by atoms with Crippen molar-refractivity contribution in [3.05, 3.63) is 121 Å². The number of benzene rings is 2. The summed E-state index contributed by atoms with van der Waals surface area (Å²) < 4.78 is 2.47. The first-order valence-corrected chi connectivity index (χ1v) is 11.2. The maximum atomic E-state index is 9.43. The third-order valence-electron chi connectivity index (χ3n) is 6.14. The van der Waals surface area contributed by atoms with E-state index in [0.29, 0.717) is 5.92 Å². The van der Waals surface area contributed by atoms with Gasteiger partial charge in [-0.05, 0) is 54.4 Å². The van der Waals surface area contributed by atoms with Crippen molar-refractivity contribution in [2.75, 3.05) is 6.61 Å². The molecule has 1 aliphatic carbocycles. The second-order valence-electron chi connectivity index (χ2n) is 8.14. The summed E-state index contributed by atoms with van der Waals surface area (Å²) in [5.41, 5.74) is 6.77. The Bertz CT molecular complexity index is 1040. The van der Waals surface area contributed by atoms with E-state index in [4.69, 9.17) is 0 Å². The third kappa shape index (κ3) is 4.81. The Morgan fingerprint density at radius 1 is 1.00 bits per heavy atom. The van der Waals surface area contributed by atoms with E-state index in [1.165, 1.54) is 28.1 Å². The maximum absolute atomic E-state index is 9.43. The highest BCUT2D eigenvalue weighted by Crippen LogP contribution is 2.39. The number of rotatable bonds is 8. The van der Waals surface area contributed by atoms with Gasteiger partial charge in [0, 0.05) is 11.4 Å². The van der Waals surface area contributed by atoms with E-state index < -0.39 is 0 Å². The Balaban J connectivity index is 1.79. The van der Waals surface area contributed by atoms with Crippen LogP contribution in [0.2, 0.25) is 0 Å². The standard InChI is InChI=1S/C29H31NO/c1-2-3-6-16-27(17-11-20-31)30-28-19-18-25(23-12-7-4-8-13-23)21-26(28)22-29(30)24-14-9-5-10-15-24/h2,4-17,22,25,27,31H,1,3,18-21H2/b16-6?,17-11+. The van der Waals surface area contributed by atoms with Crippen LogP contribution in [0.4, 0.5) is 0 Å². The van der Waals surface area contributed by atoms with Gasteiger partial charge in [0.25, 0.3) is 0 Å². The fraction of sp³-hybridized carbons (Fsp3) is 0.241. The molecular formula is C29H31NO. The Hall–Kier alpha value is -3.10. The molecule has 31 heavy (non-hydrogen) atoms. The van der Waals surface area contributed by atoms with Crippen molar-refractivity contribution < 1.29 is 5.11 Å². The second kappa shape index (κ2) is 10.3. The Morgan fingerprint density at radius 2 is 1.71 bits per heavy atom. The van der Waals surface area contributed by atoms with Crippen molar-refractivity contribution in [2.45, 2.75) is 37.6 Å². The Labute approximate surface area is 185 Å². The van der Waals surface area contributed by atoms with Crippen LogP contribution in [0.3, 0.4) is 0 Å². The fourth-order valence-corrected chi connectivity index (χ4v) is 4.69. The summed E-state index contributed by atoms with van der Waals surface area (Å²) in [7, 11) is 0. The van der Waals surface area contributed by atoms with Gasteiger partial charge in [-0.1, -0.05) is 91.0 Å². The van der Waals surface area contributed by atoms with Crippen LogP contribution in [0.15, 0.2) is 104 Å². The molecule has 2 unspecified atom stereocenters. The molecule has 3 aromatic rings. The van der Waals surface area contributed by atoms with E-state index in [9.17, 15) is 5.11 Å². The van der Waals surface area contributed by atoms with Crippen LogP contribution in [-0.4, -0.2) is 16.3 Å². The number of hydrogen-bond acceptors (Lipinski definition) is 1. The number of aliphatic hydroxyl groups is 1. The van der Waals surface area contributed by atoms with Gasteiger partial charge in [-0.2, -0.15) is 0 Å². The molecular weight excluding hydrogens is 378 g/mol. The van der Waals surface area contributed by atoms with E-state index in [-0.39, 0.29) is 12.6 Å². The number of hydrogen-bond donors (Lipinski definition) is 1. The predicted molar refractivity (Wildman–Crippen MR) is 130 cm³/mol. The molecule has 2 atom stereocenters. The molecule has 0 fully saturated rings. The van der Waals surface area contributed by atoms with Crippen LogP contribution in [0.1, 0.15) is 41.6 Å². The van der Waals surface area contributed by atoms with E-state index in [1.54, 1.807) is 0 Å². The summed E-state index contributed by atoms with van der Waals surface area (Å²) in [6, 6.07) is 24.0. The number of allylic oxidation sites excluding steroid dienone is 4. The van der Waals surface area contributed by atoms with E-state index in [1.807, 2.05) is 12.2 Å². The van der Waals surface area contributed by atoms with Crippen molar-refractivity contribution >= 4 is 0 Å². The largest absolute Gasteiger partial charge is 0.392 e. The van der Waals surface area contributed by atoms with Crippen LogP contribution in [0, 0.1) is 0 Å². The van der Waals surface area contributed by atoms with E-state index >= 15 is 0 Å². The van der Waals surface area contributed by atoms with Crippen LogP contribution < -0.4 is 0 Å². The average Bonchev–Trinajstić information content (AvgIpc) is 3.21.